The van der Waals surface area contributed by atoms with Gasteiger partial charge in [0.15, 0.2) is 0 Å². The molecule has 1 fully saturated rings. The van der Waals surface area contributed by atoms with E-state index in [2.05, 4.69) is 19.2 Å². The molecule has 1 aliphatic carbocycles. The Morgan fingerprint density at radius 2 is 2.00 bits per heavy atom. The Bertz CT molecular complexity index is 216. The average Bonchev–Trinajstić information content (AvgIpc) is 2.37. The molecule has 58 valence electrons. The molecule has 0 saturated heterocycles. The first-order valence-electron chi connectivity index (χ1n) is 4.01. The zero-order valence-corrected chi connectivity index (χ0v) is 6.84. The van der Waals surface area contributed by atoms with Crippen LogP contribution in [0.25, 0.3) is 0 Å². The molecule has 0 aliphatic heterocycles. The van der Waals surface area contributed by atoms with Crippen molar-refractivity contribution in [1.82, 2.24) is 0 Å². The minimum atomic E-state index is 1.17. The van der Waals surface area contributed by atoms with Crippen LogP contribution in [0, 0.1) is 0 Å². The monoisotopic (exact) mass is 146 g/mol. The summed E-state index contributed by atoms with van der Waals surface area (Å²) in [6.45, 7) is 7.59. The second kappa shape index (κ2) is 3.97. The third kappa shape index (κ3) is 2.23. The molecular weight excluding hydrogens is 132 g/mol. The van der Waals surface area contributed by atoms with Gasteiger partial charge in [-0.2, -0.15) is 0 Å². The Labute approximate surface area is 68.6 Å². The van der Waals surface area contributed by atoms with Gasteiger partial charge in [0, 0.05) is 0 Å². The van der Waals surface area contributed by atoms with E-state index in [9.17, 15) is 0 Å². The minimum absolute atomic E-state index is 1.17. The van der Waals surface area contributed by atoms with Crippen LogP contribution in [-0.4, -0.2) is 0 Å². The van der Waals surface area contributed by atoms with Crippen molar-refractivity contribution in [1.29, 1.82) is 0 Å². The first kappa shape index (κ1) is 8.06. The molecule has 0 aromatic heterocycles. The van der Waals surface area contributed by atoms with E-state index >= 15 is 0 Å². The van der Waals surface area contributed by atoms with Crippen LogP contribution in [0.2, 0.25) is 0 Å². The molecule has 0 spiro atoms. The van der Waals surface area contributed by atoms with E-state index in [0.29, 0.717) is 0 Å². The largest absolute Gasteiger partial charge is 0.0991 e. The molecule has 0 N–H and O–H groups in total. The van der Waals surface area contributed by atoms with Crippen molar-refractivity contribution in [3.63, 3.8) is 0 Å². The third-order valence-electron chi connectivity index (χ3n) is 1.92. The van der Waals surface area contributed by atoms with Gasteiger partial charge in [-0.1, -0.05) is 43.0 Å². The van der Waals surface area contributed by atoms with E-state index in [1.54, 1.807) is 6.08 Å². The smallest absolute Gasteiger partial charge is 0.0273 e. The van der Waals surface area contributed by atoms with Crippen LogP contribution in [-0.2, 0) is 0 Å². The minimum Gasteiger partial charge on any atom is -0.0991 e. The van der Waals surface area contributed by atoms with Gasteiger partial charge in [0.25, 0.3) is 0 Å². The fourth-order valence-corrected chi connectivity index (χ4v) is 1.28. The van der Waals surface area contributed by atoms with E-state index in [-0.39, 0.29) is 0 Å². The lowest BCUT2D eigenvalue weighted by atomic mass is 10.1. The van der Waals surface area contributed by atoms with Crippen LogP contribution in [0.3, 0.4) is 0 Å². The Morgan fingerprint density at radius 3 is 2.55 bits per heavy atom. The summed E-state index contributed by atoms with van der Waals surface area (Å²) in [4.78, 5) is 0. The van der Waals surface area contributed by atoms with Crippen molar-refractivity contribution in [2.75, 3.05) is 0 Å². The van der Waals surface area contributed by atoms with E-state index < -0.39 is 0 Å². The first-order valence-corrected chi connectivity index (χ1v) is 4.01. The molecule has 0 heterocycles. The number of hydrogen-bond acceptors (Lipinski definition) is 0. The predicted molar refractivity (Wildman–Crippen MR) is 50.4 cm³/mol. The normalized spacial score (nSPS) is 21.8. The molecule has 0 atom stereocenters. The van der Waals surface area contributed by atoms with Gasteiger partial charge in [0.2, 0.25) is 0 Å². The van der Waals surface area contributed by atoms with Crippen LogP contribution >= 0.6 is 0 Å². The van der Waals surface area contributed by atoms with Gasteiger partial charge in [-0.05, 0) is 24.8 Å². The molecule has 0 aromatic carbocycles. The molecule has 1 rings (SSSR count). The fraction of sp³-hybridized carbons (Fsp3) is 0.273. The van der Waals surface area contributed by atoms with Crippen molar-refractivity contribution >= 4 is 0 Å². The van der Waals surface area contributed by atoms with Crippen LogP contribution < -0.4 is 0 Å². The Kier molecular flexibility index (Phi) is 2.91. The summed E-state index contributed by atoms with van der Waals surface area (Å²) < 4.78 is 0. The number of rotatable bonds is 2. The topological polar surface area (TPSA) is 0 Å². The number of hydrogen-bond donors (Lipinski definition) is 0. The summed E-state index contributed by atoms with van der Waals surface area (Å²) in [5.41, 5.74) is 2.71. The molecule has 0 bridgehead atoms. The van der Waals surface area contributed by atoms with Gasteiger partial charge < -0.3 is 0 Å². The zero-order valence-electron chi connectivity index (χ0n) is 6.84. The van der Waals surface area contributed by atoms with Gasteiger partial charge in [-0.25, -0.2) is 0 Å². The zero-order chi connectivity index (χ0) is 8.10. The molecular formula is C11H14. The highest BCUT2D eigenvalue weighted by atomic mass is 14.1. The molecule has 1 aliphatic rings. The summed E-state index contributed by atoms with van der Waals surface area (Å²) >= 11 is 0. The lowest BCUT2D eigenvalue weighted by Gasteiger charge is -1.93. The molecule has 0 aromatic rings. The highest BCUT2D eigenvalue weighted by molar-refractivity contribution is 5.35. The summed E-state index contributed by atoms with van der Waals surface area (Å²) in [6.07, 6.45) is 11.5. The SMILES string of the molecule is C=C/C=C\C=C1\CCCC1=C. The van der Waals surface area contributed by atoms with Crippen molar-refractivity contribution < 1.29 is 0 Å². The second-order valence-electron chi connectivity index (χ2n) is 2.77. The highest BCUT2D eigenvalue weighted by Gasteiger charge is 2.08. The maximum Gasteiger partial charge on any atom is -0.0273 e. The molecule has 0 radical (unpaired) electrons. The highest BCUT2D eigenvalue weighted by Crippen LogP contribution is 2.28. The second-order valence-corrected chi connectivity index (χ2v) is 2.77. The average molecular weight is 146 g/mol. The standard InChI is InChI=1S/C11H14/c1-3-4-5-8-11-9-6-7-10(11)2/h3-5,8H,1-2,6-7,9H2/b5-4-,11-8-. The van der Waals surface area contributed by atoms with Crippen LogP contribution in [0.1, 0.15) is 19.3 Å². The van der Waals surface area contributed by atoms with Crippen LogP contribution in [0.15, 0.2) is 48.6 Å². The van der Waals surface area contributed by atoms with Crippen molar-refractivity contribution in [2.24, 2.45) is 0 Å². The van der Waals surface area contributed by atoms with Crippen molar-refractivity contribution in [2.45, 2.75) is 19.3 Å². The van der Waals surface area contributed by atoms with E-state index in [0.717, 1.165) is 0 Å². The summed E-state index contributed by atoms with van der Waals surface area (Å²) in [5, 5.41) is 0. The Balaban J connectivity index is 2.58. The Morgan fingerprint density at radius 1 is 1.18 bits per heavy atom. The van der Waals surface area contributed by atoms with Gasteiger partial charge in [-0.15, -0.1) is 0 Å². The molecule has 0 nitrogen and oxygen atoms in total. The van der Waals surface area contributed by atoms with Gasteiger partial charge in [0.05, 0.1) is 0 Å². The quantitative estimate of drug-likeness (QED) is 0.524. The molecule has 1 saturated carbocycles. The van der Waals surface area contributed by atoms with Gasteiger partial charge in [0.1, 0.15) is 0 Å². The molecule has 0 unspecified atom stereocenters. The first-order chi connectivity index (χ1) is 5.34. The summed E-state index contributed by atoms with van der Waals surface area (Å²) in [7, 11) is 0. The summed E-state index contributed by atoms with van der Waals surface area (Å²) in [5.74, 6) is 0. The maximum atomic E-state index is 3.99. The molecule has 0 amide bonds. The van der Waals surface area contributed by atoms with Crippen LogP contribution in [0.5, 0.6) is 0 Å². The van der Waals surface area contributed by atoms with E-state index in [4.69, 9.17) is 0 Å². The Hall–Kier alpha value is -1.04. The van der Waals surface area contributed by atoms with Crippen LogP contribution in [0.4, 0.5) is 0 Å². The fourth-order valence-electron chi connectivity index (χ4n) is 1.28. The van der Waals surface area contributed by atoms with Gasteiger partial charge >= 0.3 is 0 Å². The van der Waals surface area contributed by atoms with E-state index in [1.165, 1.54) is 30.4 Å². The third-order valence-corrected chi connectivity index (χ3v) is 1.92. The predicted octanol–water partition coefficient (Wildman–Crippen LogP) is 3.40. The molecule has 11 heavy (non-hydrogen) atoms. The van der Waals surface area contributed by atoms with Crippen molar-refractivity contribution in [3.05, 3.63) is 48.6 Å². The summed E-state index contributed by atoms with van der Waals surface area (Å²) in [6, 6.07) is 0. The lowest BCUT2D eigenvalue weighted by Crippen LogP contribution is -1.72. The lowest BCUT2D eigenvalue weighted by molar-refractivity contribution is 0.933. The van der Waals surface area contributed by atoms with Crippen molar-refractivity contribution in [3.8, 4) is 0 Å². The maximum absolute atomic E-state index is 3.99. The molecule has 0 heteroatoms. The number of allylic oxidation sites excluding steroid dienone is 6. The van der Waals surface area contributed by atoms with Gasteiger partial charge in [-0.3, -0.25) is 0 Å². The van der Waals surface area contributed by atoms with E-state index in [1.807, 2.05) is 12.2 Å².